The van der Waals surface area contributed by atoms with Crippen molar-refractivity contribution in [1.82, 2.24) is 5.32 Å². The minimum absolute atomic E-state index is 0.0606. The summed E-state index contributed by atoms with van der Waals surface area (Å²) in [6.45, 7) is 0.858. The largest absolute Gasteiger partial charge is 0.385 e. The third-order valence-corrected chi connectivity index (χ3v) is 4.14. The van der Waals surface area contributed by atoms with Gasteiger partial charge in [-0.15, -0.1) is 0 Å². The SMILES string of the molecule is O=[N+]([O-])c1ccc(C=C2CCCNC2=Cc2ccc([N+](=O)[O-])cc2)cc1. The van der Waals surface area contributed by atoms with Crippen molar-refractivity contribution >= 4 is 23.5 Å². The van der Waals surface area contributed by atoms with E-state index in [1.54, 1.807) is 24.3 Å². The number of nitro benzene ring substituents is 2. The highest BCUT2D eigenvalue weighted by Crippen LogP contribution is 2.25. The molecule has 1 fully saturated rings. The van der Waals surface area contributed by atoms with Crippen LogP contribution < -0.4 is 5.32 Å². The molecule has 1 aliphatic rings. The molecular weight excluding hydrogens is 334 g/mol. The Morgan fingerprint density at radius 3 is 1.81 bits per heavy atom. The molecule has 0 aromatic heterocycles. The van der Waals surface area contributed by atoms with Gasteiger partial charge in [-0.1, -0.05) is 0 Å². The molecular formula is C19H17N3O4. The lowest BCUT2D eigenvalue weighted by atomic mass is 9.98. The van der Waals surface area contributed by atoms with Crippen molar-refractivity contribution in [2.75, 3.05) is 6.54 Å². The van der Waals surface area contributed by atoms with Crippen LogP contribution in [0.2, 0.25) is 0 Å². The molecule has 26 heavy (non-hydrogen) atoms. The highest BCUT2D eigenvalue weighted by Gasteiger charge is 2.12. The molecule has 0 radical (unpaired) electrons. The van der Waals surface area contributed by atoms with Gasteiger partial charge in [-0.25, -0.2) is 0 Å². The molecule has 0 bridgehead atoms. The van der Waals surface area contributed by atoms with E-state index in [9.17, 15) is 20.2 Å². The Balaban J connectivity index is 1.87. The van der Waals surface area contributed by atoms with E-state index >= 15 is 0 Å². The van der Waals surface area contributed by atoms with Gasteiger partial charge in [0.1, 0.15) is 0 Å². The maximum absolute atomic E-state index is 10.8. The third-order valence-electron chi connectivity index (χ3n) is 4.14. The molecule has 7 nitrogen and oxygen atoms in total. The fraction of sp³-hybridized carbons (Fsp3) is 0.158. The van der Waals surface area contributed by atoms with Crippen molar-refractivity contribution in [2.45, 2.75) is 12.8 Å². The summed E-state index contributed by atoms with van der Waals surface area (Å²) in [6.07, 6.45) is 5.85. The maximum atomic E-state index is 10.8. The molecule has 132 valence electrons. The normalized spacial score (nSPS) is 17.1. The van der Waals surface area contributed by atoms with Gasteiger partial charge in [0.15, 0.2) is 0 Å². The van der Waals surface area contributed by atoms with Gasteiger partial charge in [0.2, 0.25) is 0 Å². The average Bonchev–Trinajstić information content (AvgIpc) is 2.64. The third kappa shape index (κ3) is 4.13. The lowest BCUT2D eigenvalue weighted by Crippen LogP contribution is -2.21. The topological polar surface area (TPSA) is 98.3 Å². The highest BCUT2D eigenvalue weighted by molar-refractivity contribution is 5.66. The van der Waals surface area contributed by atoms with Crippen LogP contribution in [0.3, 0.4) is 0 Å². The minimum atomic E-state index is -0.421. The van der Waals surface area contributed by atoms with Crippen LogP contribution in [-0.2, 0) is 0 Å². The number of nitrogens with one attached hydrogen (secondary N) is 1. The van der Waals surface area contributed by atoms with Gasteiger partial charge < -0.3 is 5.32 Å². The predicted octanol–water partition coefficient (Wildman–Crippen LogP) is 4.31. The Morgan fingerprint density at radius 1 is 0.808 bits per heavy atom. The number of hydrogen-bond donors (Lipinski definition) is 1. The molecule has 2 aromatic carbocycles. The summed E-state index contributed by atoms with van der Waals surface area (Å²) >= 11 is 0. The van der Waals surface area contributed by atoms with Gasteiger partial charge in [0.05, 0.1) is 9.85 Å². The van der Waals surface area contributed by atoms with Crippen LogP contribution in [0, 0.1) is 20.2 Å². The fourth-order valence-electron chi connectivity index (χ4n) is 2.80. The van der Waals surface area contributed by atoms with E-state index in [0.717, 1.165) is 41.8 Å². The average molecular weight is 351 g/mol. The van der Waals surface area contributed by atoms with Crippen molar-refractivity contribution in [3.05, 3.63) is 91.2 Å². The standard InChI is InChI=1S/C19H17N3O4/c23-21(24)17-7-3-14(4-8-17)12-16-2-1-11-20-19(16)13-15-5-9-18(10-6-15)22(25)26/h3-10,12-13,20H,1-2,11H2. The van der Waals surface area contributed by atoms with E-state index in [2.05, 4.69) is 5.32 Å². The van der Waals surface area contributed by atoms with Crippen LogP contribution >= 0.6 is 0 Å². The quantitative estimate of drug-likeness (QED) is 0.654. The molecule has 0 amide bonds. The first-order chi connectivity index (χ1) is 12.5. The summed E-state index contributed by atoms with van der Waals surface area (Å²) in [5.41, 5.74) is 3.95. The van der Waals surface area contributed by atoms with E-state index in [1.165, 1.54) is 24.3 Å². The van der Waals surface area contributed by atoms with E-state index < -0.39 is 9.85 Å². The number of rotatable bonds is 4. The van der Waals surface area contributed by atoms with Crippen molar-refractivity contribution in [3.63, 3.8) is 0 Å². The highest BCUT2D eigenvalue weighted by atomic mass is 16.6. The zero-order valence-electron chi connectivity index (χ0n) is 13.9. The number of nitrogens with zero attached hydrogens (tertiary/aromatic N) is 2. The van der Waals surface area contributed by atoms with Gasteiger partial charge >= 0.3 is 0 Å². The summed E-state index contributed by atoms with van der Waals surface area (Å²) in [7, 11) is 0. The van der Waals surface area contributed by atoms with Gasteiger partial charge in [0, 0.05) is 36.5 Å². The Labute approximate surface area is 150 Å². The smallest absolute Gasteiger partial charge is 0.269 e. The number of non-ortho nitro benzene ring substituents is 2. The second kappa shape index (κ2) is 7.60. The minimum Gasteiger partial charge on any atom is -0.385 e. The van der Waals surface area contributed by atoms with E-state index in [0.29, 0.717) is 0 Å². The number of benzene rings is 2. The lowest BCUT2D eigenvalue weighted by molar-refractivity contribution is -0.385. The summed E-state index contributed by atoms with van der Waals surface area (Å²) in [4.78, 5) is 20.7. The van der Waals surface area contributed by atoms with Gasteiger partial charge in [0.25, 0.3) is 11.4 Å². The molecule has 0 aliphatic carbocycles. The molecule has 0 spiro atoms. The molecule has 1 N–H and O–H groups in total. The molecule has 2 aromatic rings. The summed E-state index contributed by atoms with van der Waals surface area (Å²) in [5, 5.41) is 24.9. The monoisotopic (exact) mass is 351 g/mol. The van der Waals surface area contributed by atoms with Crippen molar-refractivity contribution in [2.24, 2.45) is 0 Å². The molecule has 1 heterocycles. The number of allylic oxidation sites excluding steroid dienone is 1. The zero-order valence-corrected chi connectivity index (χ0v) is 13.9. The Kier molecular flexibility index (Phi) is 5.07. The van der Waals surface area contributed by atoms with E-state index in [-0.39, 0.29) is 11.4 Å². The van der Waals surface area contributed by atoms with Gasteiger partial charge in [-0.05, 0) is 66.0 Å². The van der Waals surface area contributed by atoms with Crippen LogP contribution in [0.4, 0.5) is 11.4 Å². The Morgan fingerprint density at radius 2 is 1.31 bits per heavy atom. The first kappa shape index (κ1) is 17.3. The first-order valence-corrected chi connectivity index (χ1v) is 8.18. The molecule has 7 heteroatoms. The fourth-order valence-corrected chi connectivity index (χ4v) is 2.80. The molecule has 0 unspecified atom stereocenters. The molecule has 1 aliphatic heterocycles. The second-order valence-electron chi connectivity index (χ2n) is 5.96. The van der Waals surface area contributed by atoms with E-state index in [1.807, 2.05) is 12.2 Å². The summed E-state index contributed by atoms with van der Waals surface area (Å²) < 4.78 is 0. The van der Waals surface area contributed by atoms with Crippen LogP contribution in [0.15, 0.2) is 59.8 Å². The molecule has 3 rings (SSSR count). The number of hydrogen-bond acceptors (Lipinski definition) is 5. The van der Waals surface area contributed by atoms with Crippen molar-refractivity contribution in [3.8, 4) is 0 Å². The van der Waals surface area contributed by atoms with Crippen molar-refractivity contribution < 1.29 is 9.85 Å². The van der Waals surface area contributed by atoms with Gasteiger partial charge in [-0.3, -0.25) is 20.2 Å². The summed E-state index contributed by atoms with van der Waals surface area (Å²) in [5.74, 6) is 0. The van der Waals surface area contributed by atoms with E-state index in [4.69, 9.17) is 0 Å². The Hall–Kier alpha value is -3.48. The first-order valence-electron chi connectivity index (χ1n) is 8.18. The molecule has 0 atom stereocenters. The van der Waals surface area contributed by atoms with Crippen LogP contribution in [0.1, 0.15) is 24.0 Å². The predicted molar refractivity (Wildman–Crippen MR) is 99.4 cm³/mol. The van der Waals surface area contributed by atoms with Crippen LogP contribution in [-0.4, -0.2) is 16.4 Å². The van der Waals surface area contributed by atoms with Crippen molar-refractivity contribution in [1.29, 1.82) is 0 Å². The number of piperidine rings is 1. The van der Waals surface area contributed by atoms with Crippen LogP contribution in [0.25, 0.3) is 12.2 Å². The maximum Gasteiger partial charge on any atom is 0.269 e. The molecule has 1 saturated heterocycles. The Bertz CT molecular complexity index is 809. The number of nitro groups is 2. The lowest BCUT2D eigenvalue weighted by Gasteiger charge is -2.21. The second-order valence-corrected chi connectivity index (χ2v) is 5.96. The molecule has 0 saturated carbocycles. The zero-order chi connectivity index (χ0) is 18.5. The van der Waals surface area contributed by atoms with Gasteiger partial charge in [-0.2, -0.15) is 0 Å². The summed E-state index contributed by atoms with van der Waals surface area (Å²) in [6, 6.07) is 12.8. The van der Waals surface area contributed by atoms with Crippen LogP contribution in [0.5, 0.6) is 0 Å².